The lowest BCUT2D eigenvalue weighted by Gasteiger charge is -2.12. The van der Waals surface area contributed by atoms with Gasteiger partial charge in [-0.05, 0) is 47.2 Å². The van der Waals surface area contributed by atoms with E-state index in [4.69, 9.17) is 0 Å². The topological polar surface area (TPSA) is 34.1 Å². The standard InChI is InChI=1S/C34H30O2S/c1-25(35)29-17-13-27(14-18-29)21-33(31-9-5-3-6-10-31)23-37-24-34(32-11-7-4-8-12-32)22-28-15-19-30(20-16-28)26(2)36/h3-22H,23-24H2,1-2H3. The van der Waals surface area contributed by atoms with Crippen molar-refractivity contribution in [2.24, 2.45) is 0 Å². The predicted octanol–water partition coefficient (Wildman–Crippen LogP) is 8.61. The van der Waals surface area contributed by atoms with E-state index in [1.807, 2.05) is 72.4 Å². The normalized spacial score (nSPS) is 11.8. The fourth-order valence-electron chi connectivity index (χ4n) is 4.02. The quantitative estimate of drug-likeness (QED) is 0.161. The van der Waals surface area contributed by atoms with Crippen molar-refractivity contribution in [3.05, 3.63) is 143 Å². The van der Waals surface area contributed by atoms with E-state index in [-0.39, 0.29) is 11.6 Å². The average molecular weight is 503 g/mol. The van der Waals surface area contributed by atoms with E-state index in [1.165, 1.54) is 22.3 Å². The Hall–Kier alpha value is -3.95. The van der Waals surface area contributed by atoms with Crippen LogP contribution in [0.3, 0.4) is 0 Å². The van der Waals surface area contributed by atoms with Crippen molar-refractivity contribution in [1.29, 1.82) is 0 Å². The Balaban J connectivity index is 1.57. The Labute approximate surface area is 223 Å². The Bertz CT molecular complexity index is 1290. The highest BCUT2D eigenvalue weighted by atomic mass is 32.2. The number of thioether (sulfide) groups is 1. The molecule has 0 N–H and O–H groups in total. The molecule has 4 aromatic carbocycles. The summed E-state index contributed by atoms with van der Waals surface area (Å²) in [7, 11) is 0. The maximum Gasteiger partial charge on any atom is 0.159 e. The van der Waals surface area contributed by atoms with Gasteiger partial charge in [0.2, 0.25) is 0 Å². The maximum absolute atomic E-state index is 11.7. The van der Waals surface area contributed by atoms with Crippen LogP contribution in [-0.4, -0.2) is 23.1 Å². The molecule has 0 aromatic heterocycles. The summed E-state index contributed by atoms with van der Waals surface area (Å²) in [5.74, 6) is 1.83. The van der Waals surface area contributed by atoms with Crippen LogP contribution in [0.5, 0.6) is 0 Å². The van der Waals surface area contributed by atoms with E-state index in [2.05, 4.69) is 60.7 Å². The predicted molar refractivity (Wildman–Crippen MR) is 159 cm³/mol. The third-order valence-electron chi connectivity index (χ3n) is 6.12. The lowest BCUT2D eigenvalue weighted by Crippen LogP contribution is -1.95. The number of rotatable bonds is 10. The summed E-state index contributed by atoms with van der Waals surface area (Å²) >= 11 is 1.87. The van der Waals surface area contributed by atoms with Gasteiger partial charge in [-0.25, -0.2) is 0 Å². The summed E-state index contributed by atoms with van der Waals surface area (Å²) in [4.78, 5) is 23.3. The fourth-order valence-corrected chi connectivity index (χ4v) is 5.06. The van der Waals surface area contributed by atoms with Crippen molar-refractivity contribution in [2.75, 3.05) is 11.5 Å². The van der Waals surface area contributed by atoms with Crippen LogP contribution in [0.4, 0.5) is 0 Å². The van der Waals surface area contributed by atoms with Gasteiger partial charge >= 0.3 is 0 Å². The monoisotopic (exact) mass is 502 g/mol. The third kappa shape index (κ3) is 7.52. The van der Waals surface area contributed by atoms with Gasteiger partial charge in [0, 0.05) is 22.6 Å². The van der Waals surface area contributed by atoms with Gasteiger partial charge in [0.1, 0.15) is 0 Å². The van der Waals surface area contributed by atoms with Gasteiger partial charge in [-0.15, -0.1) is 0 Å². The molecule has 0 fully saturated rings. The number of carbonyl (C=O) groups excluding carboxylic acids is 2. The minimum Gasteiger partial charge on any atom is -0.295 e. The number of hydrogen-bond acceptors (Lipinski definition) is 3. The molecule has 37 heavy (non-hydrogen) atoms. The van der Waals surface area contributed by atoms with Crippen molar-refractivity contribution in [3.63, 3.8) is 0 Å². The smallest absolute Gasteiger partial charge is 0.159 e. The minimum atomic E-state index is 0.0746. The molecular formula is C34H30O2S. The van der Waals surface area contributed by atoms with Gasteiger partial charge in [-0.2, -0.15) is 11.8 Å². The molecule has 0 heterocycles. The zero-order chi connectivity index (χ0) is 26.0. The van der Waals surface area contributed by atoms with E-state index >= 15 is 0 Å². The van der Waals surface area contributed by atoms with Gasteiger partial charge in [0.25, 0.3) is 0 Å². The first-order valence-corrected chi connectivity index (χ1v) is 13.5. The highest BCUT2D eigenvalue weighted by Crippen LogP contribution is 2.28. The van der Waals surface area contributed by atoms with Gasteiger partial charge < -0.3 is 0 Å². The van der Waals surface area contributed by atoms with Crippen LogP contribution in [-0.2, 0) is 0 Å². The molecule has 0 aliphatic carbocycles. The first-order chi connectivity index (χ1) is 18.0. The Morgan fingerprint density at radius 1 is 0.514 bits per heavy atom. The average Bonchev–Trinajstić information content (AvgIpc) is 2.93. The summed E-state index contributed by atoms with van der Waals surface area (Å²) in [6.07, 6.45) is 4.41. The molecule has 0 bridgehead atoms. The van der Waals surface area contributed by atoms with E-state index in [0.717, 1.165) is 33.8 Å². The van der Waals surface area contributed by atoms with Crippen molar-refractivity contribution in [2.45, 2.75) is 13.8 Å². The van der Waals surface area contributed by atoms with Crippen LogP contribution in [0.15, 0.2) is 109 Å². The molecule has 0 radical (unpaired) electrons. The van der Waals surface area contributed by atoms with E-state index in [9.17, 15) is 9.59 Å². The van der Waals surface area contributed by atoms with Crippen LogP contribution >= 0.6 is 11.8 Å². The SMILES string of the molecule is CC(=O)c1ccc(C=C(CSCC(=Cc2ccc(C(C)=O)cc2)c2ccccc2)c2ccccc2)cc1. The summed E-state index contributed by atoms with van der Waals surface area (Å²) in [6.45, 7) is 3.18. The third-order valence-corrected chi connectivity index (χ3v) is 7.15. The molecular weight excluding hydrogens is 472 g/mol. The highest BCUT2D eigenvalue weighted by molar-refractivity contribution is 8.00. The van der Waals surface area contributed by atoms with Crippen LogP contribution in [0.1, 0.15) is 56.8 Å². The van der Waals surface area contributed by atoms with E-state index in [0.29, 0.717) is 0 Å². The zero-order valence-corrected chi connectivity index (χ0v) is 22.0. The fraction of sp³-hybridized carbons (Fsp3) is 0.118. The van der Waals surface area contributed by atoms with Gasteiger partial charge in [0.15, 0.2) is 11.6 Å². The molecule has 2 nitrogen and oxygen atoms in total. The Morgan fingerprint density at radius 2 is 0.865 bits per heavy atom. The second-order valence-electron chi connectivity index (χ2n) is 8.92. The second-order valence-corrected chi connectivity index (χ2v) is 9.91. The van der Waals surface area contributed by atoms with Crippen LogP contribution in [0, 0.1) is 0 Å². The second kappa shape index (κ2) is 12.8. The van der Waals surface area contributed by atoms with Crippen LogP contribution in [0.2, 0.25) is 0 Å². The molecule has 0 spiro atoms. The summed E-state index contributed by atoms with van der Waals surface area (Å²) in [6, 6.07) is 36.4. The molecule has 0 aliphatic rings. The minimum absolute atomic E-state index is 0.0746. The summed E-state index contributed by atoms with van der Waals surface area (Å²) in [5, 5.41) is 0. The van der Waals surface area contributed by atoms with Crippen molar-refractivity contribution >= 4 is 46.6 Å². The summed E-state index contributed by atoms with van der Waals surface area (Å²) in [5.41, 5.74) is 8.46. The Kier molecular flexibility index (Phi) is 9.07. The molecule has 0 saturated heterocycles. The lowest BCUT2D eigenvalue weighted by atomic mass is 10.0. The first-order valence-electron chi connectivity index (χ1n) is 12.3. The van der Waals surface area contributed by atoms with Crippen LogP contribution < -0.4 is 0 Å². The zero-order valence-electron chi connectivity index (χ0n) is 21.2. The van der Waals surface area contributed by atoms with Crippen molar-refractivity contribution in [1.82, 2.24) is 0 Å². The van der Waals surface area contributed by atoms with Crippen molar-refractivity contribution in [3.8, 4) is 0 Å². The van der Waals surface area contributed by atoms with Crippen molar-refractivity contribution < 1.29 is 9.59 Å². The highest BCUT2D eigenvalue weighted by Gasteiger charge is 2.08. The molecule has 4 rings (SSSR count). The largest absolute Gasteiger partial charge is 0.295 e. The Morgan fingerprint density at radius 3 is 1.19 bits per heavy atom. The molecule has 184 valence electrons. The number of ketones is 2. The molecule has 3 heteroatoms. The van der Waals surface area contributed by atoms with E-state index < -0.39 is 0 Å². The number of Topliss-reactive ketones (excluding diaryl/α,β-unsaturated/α-hetero) is 2. The summed E-state index contributed by atoms with van der Waals surface area (Å²) < 4.78 is 0. The van der Waals surface area contributed by atoms with Gasteiger partial charge in [-0.3, -0.25) is 9.59 Å². The molecule has 0 unspecified atom stereocenters. The van der Waals surface area contributed by atoms with Gasteiger partial charge in [-0.1, -0.05) is 121 Å². The van der Waals surface area contributed by atoms with Crippen LogP contribution in [0.25, 0.3) is 23.3 Å². The number of benzene rings is 4. The first kappa shape index (κ1) is 26.1. The number of hydrogen-bond donors (Lipinski definition) is 0. The van der Waals surface area contributed by atoms with Gasteiger partial charge in [0.05, 0.1) is 0 Å². The van der Waals surface area contributed by atoms with E-state index in [1.54, 1.807) is 13.8 Å². The molecule has 0 atom stereocenters. The molecule has 0 amide bonds. The number of carbonyl (C=O) groups is 2. The molecule has 4 aromatic rings. The molecule has 0 aliphatic heterocycles. The lowest BCUT2D eigenvalue weighted by molar-refractivity contribution is 0.100. The maximum atomic E-state index is 11.7. The molecule has 0 saturated carbocycles.